The predicted molar refractivity (Wildman–Crippen MR) is 93.1 cm³/mol. The van der Waals surface area contributed by atoms with Gasteiger partial charge >= 0.3 is 0 Å². The molecule has 0 unspecified atom stereocenters. The lowest BCUT2D eigenvalue weighted by Gasteiger charge is -2.08. The third-order valence-electron chi connectivity index (χ3n) is 3.43. The Morgan fingerprint density at radius 3 is 2.46 bits per heavy atom. The van der Waals surface area contributed by atoms with Crippen LogP contribution in [0.3, 0.4) is 0 Å². The zero-order chi connectivity index (χ0) is 17.5. The number of carbonyl (C=O) groups is 2. The Morgan fingerprint density at radius 1 is 1.12 bits per heavy atom. The molecule has 0 radical (unpaired) electrons. The first-order valence-electron chi connectivity index (χ1n) is 7.85. The van der Waals surface area contributed by atoms with Crippen molar-refractivity contribution in [3.8, 4) is 0 Å². The second-order valence-electron chi connectivity index (χ2n) is 5.55. The number of anilines is 1. The molecule has 0 atom stereocenters. The average molecular weight is 327 g/mol. The fourth-order valence-electron chi connectivity index (χ4n) is 2.14. The summed E-state index contributed by atoms with van der Waals surface area (Å²) in [7, 11) is 0. The van der Waals surface area contributed by atoms with Crippen LogP contribution in [0.15, 0.2) is 47.4 Å². The minimum atomic E-state index is -0.302. The van der Waals surface area contributed by atoms with Crippen molar-refractivity contribution >= 4 is 17.5 Å². The number of aryl methyl sites for hydroxylation is 1. The molecule has 0 fully saturated rings. The van der Waals surface area contributed by atoms with Crippen molar-refractivity contribution in [3.05, 3.63) is 64.1 Å². The molecule has 0 spiro atoms. The van der Waals surface area contributed by atoms with E-state index in [1.54, 1.807) is 36.5 Å². The van der Waals surface area contributed by atoms with E-state index in [1.165, 1.54) is 10.6 Å². The van der Waals surface area contributed by atoms with Gasteiger partial charge in [0.05, 0.1) is 0 Å². The van der Waals surface area contributed by atoms with E-state index in [-0.39, 0.29) is 23.9 Å². The van der Waals surface area contributed by atoms with E-state index in [0.717, 1.165) is 12.0 Å². The lowest BCUT2D eigenvalue weighted by molar-refractivity contribution is -0.116. The predicted octanol–water partition coefficient (Wildman–Crippen LogP) is 1.94. The molecular formula is C18H21N3O3. The van der Waals surface area contributed by atoms with Crippen LogP contribution in [0.2, 0.25) is 0 Å². The molecule has 24 heavy (non-hydrogen) atoms. The van der Waals surface area contributed by atoms with Crippen LogP contribution < -0.4 is 16.2 Å². The minimum Gasteiger partial charge on any atom is -0.352 e. The van der Waals surface area contributed by atoms with E-state index < -0.39 is 0 Å². The summed E-state index contributed by atoms with van der Waals surface area (Å²) in [4.78, 5) is 35.6. The molecule has 0 aliphatic heterocycles. The maximum Gasteiger partial charge on any atom is 0.251 e. The van der Waals surface area contributed by atoms with Crippen LogP contribution in [-0.4, -0.2) is 22.9 Å². The molecule has 0 aliphatic rings. The minimum absolute atomic E-state index is 0.0577. The zero-order valence-corrected chi connectivity index (χ0v) is 13.8. The first-order valence-corrected chi connectivity index (χ1v) is 7.85. The van der Waals surface area contributed by atoms with Gasteiger partial charge in [-0.3, -0.25) is 14.4 Å². The van der Waals surface area contributed by atoms with E-state index >= 15 is 0 Å². The van der Waals surface area contributed by atoms with Crippen LogP contribution in [0.4, 0.5) is 5.69 Å². The number of rotatable bonds is 6. The highest BCUT2D eigenvalue weighted by Crippen LogP contribution is 2.09. The first-order chi connectivity index (χ1) is 11.5. The van der Waals surface area contributed by atoms with Crippen molar-refractivity contribution in [3.63, 3.8) is 0 Å². The smallest absolute Gasteiger partial charge is 0.251 e. The molecule has 0 saturated carbocycles. The molecule has 2 amide bonds. The lowest BCUT2D eigenvalue weighted by atomic mass is 10.2. The van der Waals surface area contributed by atoms with Gasteiger partial charge in [-0.25, -0.2) is 0 Å². The highest BCUT2D eigenvalue weighted by atomic mass is 16.2. The summed E-state index contributed by atoms with van der Waals surface area (Å²) in [6.45, 7) is 4.38. The van der Waals surface area contributed by atoms with Crippen LogP contribution in [0.25, 0.3) is 0 Å². The van der Waals surface area contributed by atoms with Gasteiger partial charge in [-0.1, -0.05) is 6.92 Å². The fourth-order valence-corrected chi connectivity index (χ4v) is 2.14. The third kappa shape index (κ3) is 4.81. The van der Waals surface area contributed by atoms with Gasteiger partial charge in [0, 0.05) is 30.1 Å². The molecule has 0 saturated heterocycles. The van der Waals surface area contributed by atoms with Crippen molar-refractivity contribution in [2.45, 2.75) is 26.8 Å². The molecule has 0 bridgehead atoms. The molecule has 2 aromatic rings. The van der Waals surface area contributed by atoms with Crippen molar-refractivity contribution in [1.29, 1.82) is 0 Å². The van der Waals surface area contributed by atoms with Crippen LogP contribution in [0.1, 0.15) is 29.3 Å². The summed E-state index contributed by atoms with van der Waals surface area (Å²) < 4.78 is 1.34. The van der Waals surface area contributed by atoms with Crippen LogP contribution >= 0.6 is 0 Å². The van der Waals surface area contributed by atoms with Crippen LogP contribution in [0.5, 0.6) is 0 Å². The van der Waals surface area contributed by atoms with Crippen LogP contribution in [0, 0.1) is 6.92 Å². The summed E-state index contributed by atoms with van der Waals surface area (Å²) in [5.41, 5.74) is 1.75. The van der Waals surface area contributed by atoms with Gasteiger partial charge in [-0.15, -0.1) is 0 Å². The number of nitrogens with zero attached hydrogens (tertiary/aromatic N) is 1. The second-order valence-corrected chi connectivity index (χ2v) is 5.55. The Hall–Kier alpha value is -2.89. The molecule has 1 aromatic heterocycles. The zero-order valence-electron chi connectivity index (χ0n) is 13.8. The van der Waals surface area contributed by atoms with E-state index in [0.29, 0.717) is 17.8 Å². The molecular weight excluding hydrogens is 306 g/mol. The molecule has 2 N–H and O–H groups in total. The Balaban J connectivity index is 1.96. The largest absolute Gasteiger partial charge is 0.352 e. The van der Waals surface area contributed by atoms with Gasteiger partial charge in [0.2, 0.25) is 5.91 Å². The number of pyridine rings is 1. The second kappa shape index (κ2) is 8.10. The maximum atomic E-state index is 12.0. The molecule has 6 heteroatoms. The normalized spacial score (nSPS) is 10.2. The molecule has 1 aromatic carbocycles. The molecule has 2 rings (SSSR count). The fraction of sp³-hybridized carbons (Fsp3) is 0.278. The van der Waals surface area contributed by atoms with E-state index in [2.05, 4.69) is 10.6 Å². The molecule has 126 valence electrons. The van der Waals surface area contributed by atoms with Gasteiger partial charge in [0.1, 0.15) is 6.54 Å². The van der Waals surface area contributed by atoms with Gasteiger partial charge < -0.3 is 15.2 Å². The van der Waals surface area contributed by atoms with Gasteiger partial charge in [-0.05, 0) is 49.2 Å². The first kappa shape index (κ1) is 17.5. The van der Waals surface area contributed by atoms with Gasteiger partial charge in [-0.2, -0.15) is 0 Å². The molecule has 0 aliphatic carbocycles. The SMILES string of the molecule is CCCNC(=O)c1ccc(NC(=O)Cn2ccc(C)cc2=O)cc1. The summed E-state index contributed by atoms with van der Waals surface area (Å²) >= 11 is 0. The lowest BCUT2D eigenvalue weighted by Crippen LogP contribution is -2.27. The Labute approximate surface area is 140 Å². The summed E-state index contributed by atoms with van der Waals surface area (Å²) in [6, 6.07) is 9.89. The van der Waals surface area contributed by atoms with Crippen molar-refractivity contribution < 1.29 is 9.59 Å². The summed E-state index contributed by atoms with van der Waals surface area (Å²) in [5.74, 6) is -0.440. The van der Waals surface area contributed by atoms with E-state index in [9.17, 15) is 14.4 Å². The number of hydrogen-bond donors (Lipinski definition) is 2. The van der Waals surface area contributed by atoms with Gasteiger partial charge in [0.25, 0.3) is 11.5 Å². The van der Waals surface area contributed by atoms with E-state index in [1.807, 2.05) is 13.8 Å². The highest BCUT2D eigenvalue weighted by molar-refractivity contribution is 5.95. The average Bonchev–Trinajstić information content (AvgIpc) is 2.56. The molecule has 6 nitrogen and oxygen atoms in total. The van der Waals surface area contributed by atoms with E-state index in [4.69, 9.17) is 0 Å². The van der Waals surface area contributed by atoms with Gasteiger partial charge in [0.15, 0.2) is 0 Å². The standard InChI is InChI=1S/C18H21N3O3/c1-3-9-19-18(24)14-4-6-15(7-5-14)20-16(22)12-21-10-8-13(2)11-17(21)23/h4-8,10-11H,3,9,12H2,1-2H3,(H,19,24)(H,20,22). The Kier molecular flexibility index (Phi) is 5.89. The number of aromatic nitrogens is 1. The number of nitrogens with one attached hydrogen (secondary N) is 2. The van der Waals surface area contributed by atoms with Crippen LogP contribution in [-0.2, 0) is 11.3 Å². The van der Waals surface area contributed by atoms with Crippen molar-refractivity contribution in [2.24, 2.45) is 0 Å². The van der Waals surface area contributed by atoms with Crippen molar-refractivity contribution in [1.82, 2.24) is 9.88 Å². The Bertz CT molecular complexity index is 779. The number of amides is 2. The summed E-state index contributed by atoms with van der Waals surface area (Å²) in [6.07, 6.45) is 2.47. The highest BCUT2D eigenvalue weighted by Gasteiger charge is 2.07. The molecule has 1 heterocycles. The summed E-state index contributed by atoms with van der Waals surface area (Å²) in [5, 5.41) is 5.50. The Morgan fingerprint density at radius 2 is 1.83 bits per heavy atom. The maximum absolute atomic E-state index is 12.0. The number of benzene rings is 1. The monoisotopic (exact) mass is 327 g/mol. The number of carbonyl (C=O) groups excluding carboxylic acids is 2. The quantitative estimate of drug-likeness (QED) is 0.851. The number of hydrogen-bond acceptors (Lipinski definition) is 3. The third-order valence-corrected chi connectivity index (χ3v) is 3.43. The van der Waals surface area contributed by atoms with Crippen molar-refractivity contribution in [2.75, 3.05) is 11.9 Å². The topological polar surface area (TPSA) is 80.2 Å².